The van der Waals surface area contributed by atoms with Crippen molar-refractivity contribution in [2.24, 2.45) is 5.10 Å². The standard InChI is InChI=1S/C26H20N2O5/c29-24(23-12-7-17-32-23)33-22-15-13-19(14-16-22)18-27-28-25(30)26(31,20-8-3-1-4-9-20)21-10-5-2-6-11-21/h1-18,31H,(H,28,30). The molecular weight excluding hydrogens is 420 g/mol. The fraction of sp³-hybridized carbons (Fsp3) is 0.0385. The Morgan fingerprint density at radius 2 is 1.45 bits per heavy atom. The Labute approximate surface area is 190 Å². The molecule has 0 atom stereocenters. The number of carbonyl (C=O) groups is 2. The molecule has 0 saturated heterocycles. The van der Waals surface area contributed by atoms with Gasteiger partial charge in [-0.3, -0.25) is 4.79 Å². The molecule has 0 fully saturated rings. The van der Waals surface area contributed by atoms with Gasteiger partial charge in [0.2, 0.25) is 5.76 Å². The highest BCUT2D eigenvalue weighted by atomic mass is 16.5. The zero-order valence-electron chi connectivity index (χ0n) is 17.4. The number of carbonyl (C=O) groups excluding carboxylic acids is 2. The molecule has 0 aliphatic heterocycles. The van der Waals surface area contributed by atoms with Crippen molar-refractivity contribution >= 4 is 18.1 Å². The molecule has 1 amide bonds. The highest BCUT2D eigenvalue weighted by Crippen LogP contribution is 2.29. The number of rotatable bonds is 7. The molecule has 164 valence electrons. The number of hydrogen-bond acceptors (Lipinski definition) is 6. The molecule has 1 heterocycles. The second kappa shape index (κ2) is 9.76. The number of aliphatic hydroxyl groups is 1. The lowest BCUT2D eigenvalue weighted by atomic mass is 9.85. The van der Waals surface area contributed by atoms with Crippen LogP contribution in [0, 0.1) is 0 Å². The summed E-state index contributed by atoms with van der Waals surface area (Å²) in [5, 5.41) is 15.4. The maximum Gasteiger partial charge on any atom is 0.379 e. The first-order chi connectivity index (χ1) is 16.1. The second-order valence-corrected chi connectivity index (χ2v) is 7.08. The number of benzene rings is 3. The number of hydrazone groups is 1. The summed E-state index contributed by atoms with van der Waals surface area (Å²) in [5.74, 6) is -0.859. The van der Waals surface area contributed by atoms with E-state index in [4.69, 9.17) is 9.15 Å². The number of hydrogen-bond donors (Lipinski definition) is 2. The van der Waals surface area contributed by atoms with E-state index in [1.54, 1.807) is 91.0 Å². The van der Waals surface area contributed by atoms with Crippen molar-refractivity contribution in [2.75, 3.05) is 0 Å². The van der Waals surface area contributed by atoms with Gasteiger partial charge >= 0.3 is 5.97 Å². The Balaban J connectivity index is 1.45. The number of amides is 1. The van der Waals surface area contributed by atoms with Crippen molar-refractivity contribution < 1.29 is 23.8 Å². The first-order valence-corrected chi connectivity index (χ1v) is 10.1. The lowest BCUT2D eigenvalue weighted by Crippen LogP contribution is -2.43. The number of furan rings is 1. The normalized spacial score (nSPS) is 11.3. The third kappa shape index (κ3) is 4.89. The second-order valence-electron chi connectivity index (χ2n) is 7.08. The molecule has 2 N–H and O–H groups in total. The summed E-state index contributed by atoms with van der Waals surface area (Å²) < 4.78 is 10.2. The van der Waals surface area contributed by atoms with E-state index in [1.165, 1.54) is 18.5 Å². The van der Waals surface area contributed by atoms with E-state index in [0.29, 0.717) is 22.4 Å². The van der Waals surface area contributed by atoms with Gasteiger partial charge in [-0.2, -0.15) is 5.10 Å². The Morgan fingerprint density at radius 1 is 0.848 bits per heavy atom. The molecule has 7 nitrogen and oxygen atoms in total. The average Bonchev–Trinajstić information content (AvgIpc) is 3.41. The molecule has 4 aromatic rings. The molecule has 3 aromatic carbocycles. The van der Waals surface area contributed by atoms with E-state index in [0.717, 1.165) is 0 Å². The summed E-state index contributed by atoms with van der Waals surface area (Å²) >= 11 is 0. The zero-order chi connectivity index (χ0) is 23.1. The first-order valence-electron chi connectivity index (χ1n) is 10.1. The van der Waals surface area contributed by atoms with Crippen LogP contribution in [-0.4, -0.2) is 23.2 Å². The maximum atomic E-state index is 13.0. The van der Waals surface area contributed by atoms with Gasteiger partial charge < -0.3 is 14.3 Å². The van der Waals surface area contributed by atoms with Crippen molar-refractivity contribution in [2.45, 2.75) is 5.60 Å². The van der Waals surface area contributed by atoms with Crippen LogP contribution < -0.4 is 10.2 Å². The van der Waals surface area contributed by atoms with Crippen LogP contribution in [0.1, 0.15) is 27.2 Å². The van der Waals surface area contributed by atoms with Crippen LogP contribution in [-0.2, 0) is 10.4 Å². The lowest BCUT2D eigenvalue weighted by Gasteiger charge is -2.27. The molecule has 0 radical (unpaired) electrons. The van der Waals surface area contributed by atoms with Gasteiger partial charge in [-0.15, -0.1) is 0 Å². The number of nitrogens with one attached hydrogen (secondary N) is 1. The summed E-state index contributed by atoms with van der Waals surface area (Å²) in [6, 6.07) is 27.0. The summed E-state index contributed by atoms with van der Waals surface area (Å²) in [5.41, 5.74) is 2.00. The lowest BCUT2D eigenvalue weighted by molar-refractivity contribution is -0.136. The topological polar surface area (TPSA) is 101 Å². The summed E-state index contributed by atoms with van der Waals surface area (Å²) in [7, 11) is 0. The smallest absolute Gasteiger partial charge is 0.379 e. The van der Waals surface area contributed by atoms with Crippen LogP contribution >= 0.6 is 0 Å². The quantitative estimate of drug-likeness (QED) is 0.197. The Kier molecular flexibility index (Phi) is 6.43. The molecule has 0 saturated carbocycles. The van der Waals surface area contributed by atoms with Gasteiger partial charge in [0.1, 0.15) is 5.75 Å². The van der Waals surface area contributed by atoms with Gasteiger partial charge in [0.25, 0.3) is 5.91 Å². The first kappa shape index (κ1) is 21.7. The van der Waals surface area contributed by atoms with Crippen LogP contribution in [0.15, 0.2) is 113 Å². The average molecular weight is 440 g/mol. The molecule has 0 aliphatic carbocycles. The summed E-state index contributed by atoms with van der Waals surface area (Å²) in [6.07, 6.45) is 2.81. The Bertz CT molecular complexity index is 1200. The Hall–Kier alpha value is -4.49. The van der Waals surface area contributed by atoms with Gasteiger partial charge in [-0.05, 0) is 53.1 Å². The van der Waals surface area contributed by atoms with Gasteiger partial charge in [-0.25, -0.2) is 10.2 Å². The van der Waals surface area contributed by atoms with Crippen LogP contribution in [0.3, 0.4) is 0 Å². The number of nitrogens with zero attached hydrogens (tertiary/aromatic N) is 1. The summed E-state index contributed by atoms with van der Waals surface area (Å²) in [6.45, 7) is 0. The van der Waals surface area contributed by atoms with E-state index in [9.17, 15) is 14.7 Å². The minimum Gasteiger partial charge on any atom is -0.457 e. The molecule has 7 heteroatoms. The molecule has 0 unspecified atom stereocenters. The van der Waals surface area contributed by atoms with E-state index < -0.39 is 17.5 Å². The fourth-order valence-corrected chi connectivity index (χ4v) is 3.21. The van der Waals surface area contributed by atoms with Crippen molar-refractivity contribution in [3.63, 3.8) is 0 Å². The third-order valence-electron chi connectivity index (χ3n) is 4.90. The molecule has 4 rings (SSSR count). The van der Waals surface area contributed by atoms with E-state index in [1.807, 2.05) is 0 Å². The van der Waals surface area contributed by atoms with Crippen LogP contribution in [0.5, 0.6) is 5.75 Å². The van der Waals surface area contributed by atoms with Crippen molar-refractivity contribution in [3.05, 3.63) is 126 Å². The van der Waals surface area contributed by atoms with Crippen LogP contribution in [0.4, 0.5) is 0 Å². The van der Waals surface area contributed by atoms with Crippen LogP contribution in [0.2, 0.25) is 0 Å². The van der Waals surface area contributed by atoms with Crippen LogP contribution in [0.25, 0.3) is 0 Å². The zero-order valence-corrected chi connectivity index (χ0v) is 17.4. The van der Waals surface area contributed by atoms with E-state index in [-0.39, 0.29) is 5.76 Å². The van der Waals surface area contributed by atoms with Gasteiger partial charge in [0, 0.05) is 0 Å². The number of ether oxygens (including phenoxy) is 1. The molecule has 1 aromatic heterocycles. The fourth-order valence-electron chi connectivity index (χ4n) is 3.21. The molecule has 33 heavy (non-hydrogen) atoms. The predicted molar refractivity (Wildman–Crippen MR) is 122 cm³/mol. The predicted octanol–water partition coefficient (Wildman–Crippen LogP) is 3.89. The summed E-state index contributed by atoms with van der Waals surface area (Å²) in [4.78, 5) is 24.9. The highest BCUT2D eigenvalue weighted by Gasteiger charge is 2.39. The largest absolute Gasteiger partial charge is 0.457 e. The van der Waals surface area contributed by atoms with Gasteiger partial charge in [-0.1, -0.05) is 60.7 Å². The Morgan fingerprint density at radius 3 is 2.00 bits per heavy atom. The molecular formula is C26H20N2O5. The molecule has 0 spiro atoms. The minimum absolute atomic E-state index is 0.104. The monoisotopic (exact) mass is 440 g/mol. The van der Waals surface area contributed by atoms with Crippen molar-refractivity contribution in [3.8, 4) is 5.75 Å². The van der Waals surface area contributed by atoms with Crippen molar-refractivity contribution in [1.82, 2.24) is 5.43 Å². The van der Waals surface area contributed by atoms with Gasteiger partial charge in [0.05, 0.1) is 12.5 Å². The number of esters is 1. The maximum absolute atomic E-state index is 13.0. The van der Waals surface area contributed by atoms with E-state index >= 15 is 0 Å². The SMILES string of the molecule is O=C(Oc1ccc(C=NNC(=O)C(O)(c2ccccc2)c2ccccc2)cc1)c1ccco1. The van der Waals surface area contributed by atoms with E-state index in [2.05, 4.69) is 10.5 Å². The molecule has 0 aliphatic rings. The van der Waals surface area contributed by atoms with Gasteiger partial charge in [0.15, 0.2) is 5.60 Å². The van der Waals surface area contributed by atoms with Crippen molar-refractivity contribution in [1.29, 1.82) is 0 Å². The molecule has 0 bridgehead atoms. The third-order valence-corrected chi connectivity index (χ3v) is 4.90. The highest BCUT2D eigenvalue weighted by molar-refractivity contribution is 5.91. The minimum atomic E-state index is -1.91.